The molecule has 1 amide bonds. The van der Waals surface area contributed by atoms with Crippen LogP contribution >= 0.6 is 0 Å². The smallest absolute Gasteiger partial charge is 0.262 e. The fraction of sp³-hybridized carbons (Fsp3) is 0.208. The third-order valence-corrected chi connectivity index (χ3v) is 4.99. The third kappa shape index (κ3) is 4.25. The van der Waals surface area contributed by atoms with Crippen molar-refractivity contribution in [3.8, 4) is 12.1 Å². The number of carbonyl (C=O) groups is 1. The Morgan fingerprint density at radius 3 is 2.63 bits per heavy atom. The highest BCUT2D eigenvalue weighted by Crippen LogP contribution is 2.29. The van der Waals surface area contributed by atoms with E-state index in [2.05, 4.69) is 16.0 Å². The van der Waals surface area contributed by atoms with Gasteiger partial charge in [-0.1, -0.05) is 36.4 Å². The van der Waals surface area contributed by atoms with Crippen LogP contribution in [0.3, 0.4) is 0 Å². The number of para-hydroxylation sites is 1. The summed E-state index contributed by atoms with van der Waals surface area (Å²) in [5.74, 6) is -0.430. The average Bonchev–Trinajstić information content (AvgIpc) is 3.03. The van der Waals surface area contributed by atoms with E-state index in [9.17, 15) is 15.3 Å². The molecule has 1 heterocycles. The van der Waals surface area contributed by atoms with E-state index < -0.39 is 5.91 Å². The Kier molecular flexibility index (Phi) is 6.64. The average molecular weight is 398 g/mol. The number of amides is 1. The van der Waals surface area contributed by atoms with E-state index in [1.807, 2.05) is 55.5 Å². The maximum atomic E-state index is 12.4. The van der Waals surface area contributed by atoms with Crippen LogP contribution in [0.15, 0.2) is 54.1 Å². The Morgan fingerprint density at radius 1 is 1.17 bits per heavy atom. The summed E-state index contributed by atoms with van der Waals surface area (Å²) in [6, 6.07) is 19.6. The van der Waals surface area contributed by atoms with Crippen molar-refractivity contribution in [1.29, 1.82) is 10.5 Å². The van der Waals surface area contributed by atoms with E-state index in [0.717, 1.165) is 27.7 Å². The van der Waals surface area contributed by atoms with Crippen molar-refractivity contribution >= 4 is 22.9 Å². The number of rotatable bonds is 7. The molecule has 3 rings (SSSR count). The van der Waals surface area contributed by atoms with E-state index in [1.165, 1.54) is 0 Å². The summed E-state index contributed by atoms with van der Waals surface area (Å²) in [5.41, 5.74) is 4.29. The van der Waals surface area contributed by atoms with Crippen molar-refractivity contribution in [3.05, 3.63) is 76.5 Å². The summed E-state index contributed by atoms with van der Waals surface area (Å²) in [6.45, 7) is 3.19. The van der Waals surface area contributed by atoms with Crippen LogP contribution < -0.4 is 5.32 Å². The van der Waals surface area contributed by atoms with Crippen LogP contribution in [0.4, 0.5) is 0 Å². The van der Waals surface area contributed by atoms with Crippen molar-refractivity contribution in [2.24, 2.45) is 0 Å². The molecule has 6 heteroatoms. The van der Waals surface area contributed by atoms with Crippen LogP contribution in [0, 0.1) is 29.6 Å². The highest BCUT2D eigenvalue weighted by atomic mass is 16.5. The summed E-state index contributed by atoms with van der Waals surface area (Å²) in [5, 5.41) is 22.6. The van der Waals surface area contributed by atoms with Gasteiger partial charge < -0.3 is 14.6 Å². The Labute approximate surface area is 175 Å². The predicted octanol–water partition coefficient (Wildman–Crippen LogP) is 3.54. The highest BCUT2D eigenvalue weighted by molar-refractivity contribution is 6.04. The maximum absolute atomic E-state index is 12.4. The Hall–Kier alpha value is -3.87. The van der Waals surface area contributed by atoms with Gasteiger partial charge in [0.15, 0.2) is 0 Å². The number of methoxy groups -OCH3 is 1. The molecule has 1 aromatic heterocycles. The lowest BCUT2D eigenvalue weighted by molar-refractivity contribution is -0.117. The van der Waals surface area contributed by atoms with E-state index in [-0.39, 0.29) is 5.57 Å². The summed E-state index contributed by atoms with van der Waals surface area (Å²) in [6.07, 6.45) is 1.63. The molecule has 6 nitrogen and oxygen atoms in total. The van der Waals surface area contributed by atoms with Gasteiger partial charge in [-0.15, -0.1) is 0 Å². The van der Waals surface area contributed by atoms with Gasteiger partial charge in [0.1, 0.15) is 11.6 Å². The molecule has 0 aliphatic carbocycles. The number of nitrogens with one attached hydrogen (secondary N) is 1. The number of ether oxygens (including phenoxy) is 1. The monoisotopic (exact) mass is 398 g/mol. The van der Waals surface area contributed by atoms with Crippen molar-refractivity contribution in [3.63, 3.8) is 0 Å². The molecule has 0 aliphatic heterocycles. The van der Waals surface area contributed by atoms with Crippen LogP contribution in [-0.2, 0) is 16.1 Å². The van der Waals surface area contributed by atoms with Crippen LogP contribution in [0.5, 0.6) is 0 Å². The van der Waals surface area contributed by atoms with Crippen molar-refractivity contribution in [2.75, 3.05) is 20.3 Å². The van der Waals surface area contributed by atoms with E-state index in [4.69, 9.17) is 4.74 Å². The van der Waals surface area contributed by atoms with Gasteiger partial charge in [-0.2, -0.15) is 10.5 Å². The molecule has 0 radical (unpaired) electrons. The molecule has 1 N–H and O–H groups in total. The Bertz CT molecular complexity index is 1190. The van der Waals surface area contributed by atoms with E-state index >= 15 is 0 Å². The molecule has 0 saturated carbocycles. The Morgan fingerprint density at radius 2 is 1.90 bits per heavy atom. The van der Waals surface area contributed by atoms with Crippen molar-refractivity contribution in [1.82, 2.24) is 9.88 Å². The fourth-order valence-electron chi connectivity index (χ4n) is 3.44. The molecule has 0 fully saturated rings. The summed E-state index contributed by atoms with van der Waals surface area (Å²) in [7, 11) is 1.55. The molecule has 30 heavy (non-hydrogen) atoms. The second kappa shape index (κ2) is 9.56. The molecule has 0 bridgehead atoms. The summed E-state index contributed by atoms with van der Waals surface area (Å²) in [4.78, 5) is 12.4. The maximum Gasteiger partial charge on any atom is 0.262 e. The van der Waals surface area contributed by atoms with E-state index in [0.29, 0.717) is 25.3 Å². The van der Waals surface area contributed by atoms with Crippen LogP contribution in [-0.4, -0.2) is 30.7 Å². The van der Waals surface area contributed by atoms with Crippen molar-refractivity contribution < 1.29 is 9.53 Å². The molecule has 150 valence electrons. The molecule has 2 aromatic carbocycles. The largest absolute Gasteiger partial charge is 0.383 e. The zero-order valence-corrected chi connectivity index (χ0v) is 17.0. The number of fused-ring (bicyclic) bond motifs is 1. The lowest BCUT2D eigenvalue weighted by Gasteiger charge is -2.10. The predicted molar refractivity (Wildman–Crippen MR) is 115 cm³/mol. The first kappa shape index (κ1) is 20.9. The number of carbonyl (C=O) groups excluding carboxylic acids is 1. The van der Waals surface area contributed by atoms with Crippen LogP contribution in [0.1, 0.15) is 22.4 Å². The molecule has 0 atom stereocenters. The van der Waals surface area contributed by atoms with Gasteiger partial charge in [0.2, 0.25) is 0 Å². The van der Waals surface area contributed by atoms with Crippen molar-refractivity contribution in [2.45, 2.75) is 13.5 Å². The molecule has 3 aromatic rings. The molecule has 0 saturated heterocycles. The molecule has 0 spiro atoms. The summed E-state index contributed by atoms with van der Waals surface area (Å²) >= 11 is 0. The second-order valence-corrected chi connectivity index (χ2v) is 6.79. The normalized spacial score (nSPS) is 11.1. The first-order valence-corrected chi connectivity index (χ1v) is 9.55. The standard InChI is InChI=1S/C24H22N4O2/c1-17-22(13-20(15-26)24(29)27-11-12-30-2)21-9-5-6-10-23(21)28(17)16-19-8-4-3-7-18(19)14-25/h3-10,13H,11-12,16H2,1-2H3,(H,27,29). The van der Waals surface area contributed by atoms with Gasteiger partial charge in [-0.25, -0.2) is 0 Å². The Balaban J connectivity index is 2.07. The third-order valence-electron chi connectivity index (χ3n) is 4.99. The number of hydrogen-bond donors (Lipinski definition) is 1. The number of nitriles is 2. The fourth-order valence-corrected chi connectivity index (χ4v) is 3.44. The van der Waals surface area contributed by atoms with Gasteiger partial charge in [0.25, 0.3) is 5.91 Å². The minimum Gasteiger partial charge on any atom is -0.383 e. The lowest BCUT2D eigenvalue weighted by atomic mass is 10.1. The van der Waals surface area contributed by atoms with Gasteiger partial charge in [0.05, 0.1) is 18.2 Å². The molecular weight excluding hydrogens is 376 g/mol. The first-order chi connectivity index (χ1) is 14.6. The van der Waals surface area contributed by atoms with Gasteiger partial charge in [0, 0.05) is 42.4 Å². The minimum atomic E-state index is -0.430. The zero-order valence-electron chi connectivity index (χ0n) is 17.0. The summed E-state index contributed by atoms with van der Waals surface area (Å²) < 4.78 is 7.04. The van der Waals surface area contributed by atoms with Crippen LogP contribution in [0.25, 0.3) is 17.0 Å². The quantitative estimate of drug-likeness (QED) is 0.374. The van der Waals surface area contributed by atoms with Gasteiger partial charge >= 0.3 is 0 Å². The number of aromatic nitrogens is 1. The minimum absolute atomic E-state index is 0.0366. The topological polar surface area (TPSA) is 90.8 Å². The lowest BCUT2D eigenvalue weighted by Crippen LogP contribution is -2.27. The zero-order chi connectivity index (χ0) is 21.5. The van der Waals surface area contributed by atoms with Gasteiger partial charge in [-0.05, 0) is 30.7 Å². The number of benzene rings is 2. The van der Waals surface area contributed by atoms with E-state index in [1.54, 1.807) is 19.3 Å². The number of nitrogens with zero attached hydrogens (tertiary/aromatic N) is 3. The van der Waals surface area contributed by atoms with Crippen LogP contribution in [0.2, 0.25) is 0 Å². The first-order valence-electron chi connectivity index (χ1n) is 9.55. The second-order valence-electron chi connectivity index (χ2n) is 6.79. The molecular formula is C24H22N4O2. The molecule has 0 aliphatic rings. The highest BCUT2D eigenvalue weighted by Gasteiger charge is 2.16. The SMILES string of the molecule is COCCNC(=O)C(C#N)=Cc1c(C)n(Cc2ccccc2C#N)c2ccccc12. The molecule has 0 unspecified atom stereocenters. The number of hydrogen-bond acceptors (Lipinski definition) is 4. The van der Waals surface area contributed by atoms with Gasteiger partial charge in [-0.3, -0.25) is 4.79 Å².